The van der Waals surface area contributed by atoms with Crippen LogP contribution in [0, 0.1) is 0 Å². The fourth-order valence-corrected chi connectivity index (χ4v) is 4.54. The number of nitrogens with zero attached hydrogens (tertiary/aromatic N) is 3. The molecule has 1 amide bonds. The van der Waals surface area contributed by atoms with Crippen LogP contribution in [0.4, 0.5) is 22.9 Å². The summed E-state index contributed by atoms with van der Waals surface area (Å²) in [5.41, 5.74) is 6.64. The Hall–Kier alpha value is -3.71. The lowest BCUT2D eigenvalue weighted by Gasteiger charge is -2.30. The highest BCUT2D eigenvalue weighted by Gasteiger charge is 2.21. The molecule has 3 N–H and O–H groups in total. The summed E-state index contributed by atoms with van der Waals surface area (Å²) >= 11 is 0. The number of pyridine rings is 2. The van der Waals surface area contributed by atoms with E-state index in [1.54, 1.807) is 18.5 Å². The lowest BCUT2D eigenvalue weighted by molar-refractivity contribution is 0.0958. The van der Waals surface area contributed by atoms with Crippen LogP contribution in [0.2, 0.25) is 0 Å². The number of anilines is 4. The van der Waals surface area contributed by atoms with Crippen molar-refractivity contribution in [3.8, 4) is 0 Å². The number of hydrogen-bond donors (Lipinski definition) is 3. The minimum Gasteiger partial charge on any atom is -0.355 e. The highest BCUT2D eigenvalue weighted by Crippen LogP contribution is 2.30. The Balaban J connectivity index is 0.00000400. The first-order valence-corrected chi connectivity index (χ1v) is 12.8. The van der Waals surface area contributed by atoms with Gasteiger partial charge in [-0.05, 0) is 68.8 Å². The van der Waals surface area contributed by atoms with Gasteiger partial charge in [0.05, 0.1) is 11.3 Å². The lowest BCUT2D eigenvalue weighted by Crippen LogP contribution is -2.33. The molecular formula is C30H40N6O. The average Bonchev–Trinajstić information content (AvgIpc) is 2.86. The summed E-state index contributed by atoms with van der Waals surface area (Å²) in [4.78, 5) is 24.3. The summed E-state index contributed by atoms with van der Waals surface area (Å²) < 4.78 is 0. The van der Waals surface area contributed by atoms with E-state index in [2.05, 4.69) is 90.5 Å². The zero-order chi connectivity index (χ0) is 26.6. The number of fused-ring (bicyclic) bond motifs is 1. The molecule has 4 rings (SSSR count). The molecule has 196 valence electrons. The molecule has 0 aliphatic heterocycles. The molecule has 0 bridgehead atoms. The van der Waals surface area contributed by atoms with E-state index in [-0.39, 0.29) is 12.7 Å². The van der Waals surface area contributed by atoms with Gasteiger partial charge >= 0.3 is 0 Å². The fourth-order valence-electron chi connectivity index (χ4n) is 4.54. The van der Waals surface area contributed by atoms with Crippen molar-refractivity contribution < 1.29 is 6.22 Å². The Morgan fingerprint density at radius 1 is 1.11 bits per heavy atom. The van der Waals surface area contributed by atoms with Crippen molar-refractivity contribution in [3.63, 3.8) is 0 Å². The third-order valence-electron chi connectivity index (χ3n) is 6.77. The van der Waals surface area contributed by atoms with E-state index in [4.69, 9.17) is 0 Å². The fraction of sp³-hybridized carbons (Fsp3) is 0.367. The number of aromatic nitrogens is 2. The largest absolute Gasteiger partial charge is 0.355 e. The molecule has 0 fully saturated rings. The number of aryl methyl sites for hydroxylation is 1. The van der Waals surface area contributed by atoms with Crippen molar-refractivity contribution in [2.75, 3.05) is 31.3 Å². The monoisotopic (exact) mass is 500 g/mol. The second kappa shape index (κ2) is 11.1. The van der Waals surface area contributed by atoms with Gasteiger partial charge in [-0.1, -0.05) is 32.9 Å². The highest BCUT2D eigenvalue weighted by atomic mass is 16.1. The molecule has 1 aliphatic carbocycles. The Kier molecular flexibility index (Phi) is 7.93. The van der Waals surface area contributed by atoms with Crippen LogP contribution in [-0.4, -0.2) is 47.5 Å². The number of carbonyl (C=O) groups excluding carboxylic acids is 1. The minimum atomic E-state index is -0.212. The lowest BCUT2D eigenvalue weighted by atomic mass is 9.87. The zero-order valence-electron chi connectivity index (χ0n) is 22.6. The molecule has 3 aromatic rings. The Morgan fingerprint density at radius 3 is 2.62 bits per heavy atom. The van der Waals surface area contributed by atoms with Crippen LogP contribution < -0.4 is 16.0 Å². The smallest absolute Gasteiger partial charge is 0.255 e. The van der Waals surface area contributed by atoms with Gasteiger partial charge in [0, 0.05) is 55.0 Å². The van der Waals surface area contributed by atoms with Crippen molar-refractivity contribution in [2.45, 2.75) is 51.5 Å². The quantitative estimate of drug-likeness (QED) is 0.337. The van der Waals surface area contributed by atoms with E-state index in [0.29, 0.717) is 29.7 Å². The molecule has 7 heteroatoms. The Labute approximate surface area is 221 Å². The molecule has 0 radical (unpaired) electrons. The molecule has 1 aromatic carbocycles. The van der Waals surface area contributed by atoms with E-state index in [1.807, 2.05) is 18.2 Å². The molecule has 1 atom stereocenters. The van der Waals surface area contributed by atoms with Gasteiger partial charge in [-0.3, -0.25) is 9.78 Å². The van der Waals surface area contributed by atoms with Crippen LogP contribution in [0.3, 0.4) is 0 Å². The molecule has 0 saturated heterocycles. The first kappa shape index (κ1) is 26.4. The second-order valence-electron chi connectivity index (χ2n) is 10.9. The standard InChI is InChI=1S/C30H38N6O.H2/c1-7-13-32-29(37)25-19-33-28(18-26(25)34-23-12-14-31-27(17-23)30(2,3)4)35-22-10-8-21-16-24(36(5)6)11-9-20(21)15-22;/h7-8,10,12,14-15,17-19,24H,1,9,11,13,16H2,2-6H3,(H,32,37)(H2,31,33,34,35);1H. The predicted octanol–water partition coefficient (Wildman–Crippen LogP) is 5.84. The van der Waals surface area contributed by atoms with Crippen LogP contribution in [-0.2, 0) is 18.3 Å². The predicted molar refractivity (Wildman–Crippen MR) is 154 cm³/mol. The summed E-state index contributed by atoms with van der Waals surface area (Å²) in [7, 11) is 4.31. The van der Waals surface area contributed by atoms with Crippen molar-refractivity contribution in [3.05, 3.63) is 83.8 Å². The Morgan fingerprint density at radius 2 is 1.89 bits per heavy atom. The van der Waals surface area contributed by atoms with E-state index in [0.717, 1.165) is 36.3 Å². The number of hydrogen-bond acceptors (Lipinski definition) is 6. The average molecular weight is 501 g/mol. The van der Waals surface area contributed by atoms with Gasteiger partial charge in [0.2, 0.25) is 0 Å². The minimum absolute atomic E-state index is 0. The number of amides is 1. The molecule has 2 aromatic heterocycles. The normalized spacial score (nSPS) is 15.1. The van der Waals surface area contributed by atoms with E-state index in [1.165, 1.54) is 11.1 Å². The van der Waals surface area contributed by atoms with Crippen LogP contribution in [0.25, 0.3) is 0 Å². The van der Waals surface area contributed by atoms with Crippen molar-refractivity contribution in [1.82, 2.24) is 20.2 Å². The highest BCUT2D eigenvalue weighted by molar-refractivity contribution is 6.00. The first-order chi connectivity index (χ1) is 17.6. The maximum Gasteiger partial charge on any atom is 0.255 e. The molecule has 0 spiro atoms. The van der Waals surface area contributed by atoms with Gasteiger partial charge in [-0.25, -0.2) is 4.98 Å². The summed E-state index contributed by atoms with van der Waals surface area (Å²) in [6, 6.07) is 12.9. The van der Waals surface area contributed by atoms with Crippen molar-refractivity contribution in [2.24, 2.45) is 0 Å². The van der Waals surface area contributed by atoms with Gasteiger partial charge in [0.15, 0.2) is 0 Å². The maximum atomic E-state index is 12.9. The number of carbonyl (C=O) groups is 1. The van der Waals surface area contributed by atoms with Gasteiger partial charge in [0.1, 0.15) is 5.82 Å². The number of benzene rings is 1. The summed E-state index contributed by atoms with van der Waals surface area (Å²) in [6.45, 7) is 10.4. The van der Waals surface area contributed by atoms with Crippen LogP contribution in [0.1, 0.15) is 55.8 Å². The van der Waals surface area contributed by atoms with Crippen LogP contribution in [0.5, 0.6) is 0 Å². The molecule has 2 heterocycles. The maximum absolute atomic E-state index is 12.9. The van der Waals surface area contributed by atoms with Gasteiger partial charge < -0.3 is 20.9 Å². The van der Waals surface area contributed by atoms with Gasteiger partial charge in [-0.15, -0.1) is 6.58 Å². The summed E-state index contributed by atoms with van der Waals surface area (Å²) in [5, 5.41) is 9.71. The second-order valence-corrected chi connectivity index (χ2v) is 10.9. The molecule has 1 unspecified atom stereocenters. The van der Waals surface area contributed by atoms with Crippen LogP contribution >= 0.6 is 0 Å². The number of rotatable bonds is 8. The SMILES string of the molecule is C=CCNC(=O)c1cnc(Nc2ccc3c(c2)CCC(N(C)C)C3)cc1Nc1ccnc(C(C)(C)C)c1.[HH]. The number of nitrogens with one attached hydrogen (secondary N) is 3. The third-order valence-corrected chi connectivity index (χ3v) is 6.77. The van der Waals surface area contributed by atoms with Crippen molar-refractivity contribution in [1.29, 1.82) is 0 Å². The molecule has 1 aliphatic rings. The molecule has 0 saturated carbocycles. The van der Waals surface area contributed by atoms with Crippen LogP contribution in [0.15, 0.2) is 61.4 Å². The Bertz CT molecular complexity index is 1280. The zero-order valence-corrected chi connectivity index (χ0v) is 22.6. The number of likely N-dealkylation sites (N-methyl/N-ethyl adjacent to an activating group) is 1. The van der Waals surface area contributed by atoms with E-state index < -0.39 is 0 Å². The van der Waals surface area contributed by atoms with Gasteiger partial charge in [-0.2, -0.15) is 0 Å². The van der Waals surface area contributed by atoms with Crippen molar-refractivity contribution >= 4 is 28.8 Å². The third kappa shape index (κ3) is 6.54. The van der Waals surface area contributed by atoms with E-state index in [9.17, 15) is 4.79 Å². The topological polar surface area (TPSA) is 82.2 Å². The summed E-state index contributed by atoms with van der Waals surface area (Å²) in [5.74, 6) is 0.450. The molecular weight excluding hydrogens is 460 g/mol. The molecule has 37 heavy (non-hydrogen) atoms. The summed E-state index contributed by atoms with van der Waals surface area (Å²) in [6.07, 6.45) is 8.35. The first-order valence-electron chi connectivity index (χ1n) is 12.8. The molecule has 7 nitrogen and oxygen atoms in total. The van der Waals surface area contributed by atoms with Gasteiger partial charge in [0.25, 0.3) is 5.91 Å². The van der Waals surface area contributed by atoms with E-state index >= 15 is 0 Å².